The highest BCUT2D eigenvalue weighted by Crippen LogP contribution is 2.36. The van der Waals surface area contributed by atoms with Gasteiger partial charge in [-0.05, 0) is 37.0 Å². The normalized spacial score (nSPS) is 30.8. The van der Waals surface area contributed by atoms with E-state index in [9.17, 15) is 4.79 Å². The second-order valence-corrected chi connectivity index (χ2v) is 9.32. The summed E-state index contributed by atoms with van der Waals surface area (Å²) in [6, 6.07) is 0. The van der Waals surface area contributed by atoms with Crippen LogP contribution in [0.5, 0.6) is 0 Å². The molecule has 0 amide bonds. The molecule has 4 unspecified atom stereocenters. The van der Waals surface area contributed by atoms with Gasteiger partial charge in [0.25, 0.3) is 0 Å². The summed E-state index contributed by atoms with van der Waals surface area (Å²) in [5, 5.41) is 0. The second-order valence-electron chi connectivity index (χ2n) is 9.32. The molecule has 0 aromatic heterocycles. The number of Topliss-reactive ketones (excluding diaryl/α,β-unsaturated/α-hetero) is 1. The lowest BCUT2D eigenvalue weighted by Gasteiger charge is -2.31. The molecule has 0 radical (unpaired) electrons. The Balaban J connectivity index is 1.58. The summed E-state index contributed by atoms with van der Waals surface area (Å²) in [6.07, 6.45) is 22.5. The average Bonchev–Trinajstić information content (AvgIpc) is 2.85. The van der Waals surface area contributed by atoms with Crippen LogP contribution in [0.1, 0.15) is 123 Å². The molecule has 1 heteroatoms. The van der Waals surface area contributed by atoms with Crippen LogP contribution in [0.25, 0.3) is 0 Å². The van der Waals surface area contributed by atoms with E-state index in [1.807, 2.05) is 0 Å². The van der Waals surface area contributed by atoms with Gasteiger partial charge < -0.3 is 0 Å². The zero-order chi connectivity index (χ0) is 17.9. The molecule has 1 nitrogen and oxygen atoms in total. The molecule has 0 aromatic carbocycles. The van der Waals surface area contributed by atoms with Gasteiger partial charge in [-0.2, -0.15) is 0 Å². The molecule has 0 aliphatic heterocycles. The van der Waals surface area contributed by atoms with Crippen LogP contribution in [-0.4, -0.2) is 5.78 Å². The molecule has 2 fully saturated rings. The highest BCUT2D eigenvalue weighted by molar-refractivity contribution is 5.80. The number of unbranched alkanes of at least 4 members (excludes halogenated alkanes) is 3. The van der Waals surface area contributed by atoms with Crippen molar-refractivity contribution in [1.29, 1.82) is 0 Å². The summed E-state index contributed by atoms with van der Waals surface area (Å²) >= 11 is 0. The zero-order valence-corrected chi connectivity index (χ0v) is 17.2. The van der Waals surface area contributed by atoms with Crippen LogP contribution in [0.2, 0.25) is 0 Å². The van der Waals surface area contributed by atoms with Crippen molar-refractivity contribution in [2.75, 3.05) is 0 Å². The van der Waals surface area contributed by atoms with Crippen molar-refractivity contribution in [3.05, 3.63) is 0 Å². The molecule has 0 heterocycles. The first-order chi connectivity index (χ1) is 12.2. The Morgan fingerprint density at radius 2 is 1.48 bits per heavy atom. The number of carbonyl (C=O) groups excluding carboxylic acids is 1. The van der Waals surface area contributed by atoms with Crippen molar-refractivity contribution in [1.82, 2.24) is 0 Å². The number of carbonyl (C=O) groups is 1. The van der Waals surface area contributed by atoms with Crippen LogP contribution >= 0.6 is 0 Å². The quantitative estimate of drug-likeness (QED) is 0.292. The van der Waals surface area contributed by atoms with Crippen molar-refractivity contribution >= 4 is 5.78 Å². The Morgan fingerprint density at radius 3 is 2.20 bits per heavy atom. The van der Waals surface area contributed by atoms with Gasteiger partial charge in [0.05, 0.1) is 0 Å². The third-order valence-corrected chi connectivity index (χ3v) is 7.21. The van der Waals surface area contributed by atoms with Gasteiger partial charge in [0.15, 0.2) is 0 Å². The Morgan fingerprint density at radius 1 is 0.760 bits per heavy atom. The Bertz CT molecular complexity index is 361. The van der Waals surface area contributed by atoms with E-state index in [0.29, 0.717) is 11.7 Å². The summed E-state index contributed by atoms with van der Waals surface area (Å²) in [6.45, 7) is 4.68. The van der Waals surface area contributed by atoms with Gasteiger partial charge in [-0.15, -0.1) is 0 Å². The van der Waals surface area contributed by atoms with Gasteiger partial charge in [-0.25, -0.2) is 0 Å². The van der Waals surface area contributed by atoms with Crippen LogP contribution < -0.4 is 0 Å². The Hall–Kier alpha value is -0.330. The largest absolute Gasteiger partial charge is 0.299 e. The first-order valence-corrected chi connectivity index (χ1v) is 11.7. The molecule has 0 saturated heterocycles. The SMILES string of the molecule is CCCCC1CCCCC1CCCCCC(=O)C1CCCC(C)CC1. The summed E-state index contributed by atoms with van der Waals surface area (Å²) < 4.78 is 0. The van der Waals surface area contributed by atoms with Crippen LogP contribution in [0.3, 0.4) is 0 Å². The molecular weight excluding hydrogens is 304 g/mol. The lowest BCUT2D eigenvalue weighted by molar-refractivity contribution is -0.123. The van der Waals surface area contributed by atoms with Crippen molar-refractivity contribution in [3.8, 4) is 0 Å². The minimum Gasteiger partial charge on any atom is -0.299 e. The fraction of sp³-hybridized carbons (Fsp3) is 0.958. The summed E-state index contributed by atoms with van der Waals surface area (Å²) in [5.41, 5.74) is 0. The maximum Gasteiger partial charge on any atom is 0.135 e. The minimum absolute atomic E-state index is 0.404. The summed E-state index contributed by atoms with van der Waals surface area (Å²) in [4.78, 5) is 12.5. The molecule has 146 valence electrons. The lowest BCUT2D eigenvalue weighted by Crippen LogP contribution is -2.19. The Kier molecular flexibility index (Phi) is 10.2. The van der Waals surface area contributed by atoms with Gasteiger partial charge >= 0.3 is 0 Å². The van der Waals surface area contributed by atoms with Gasteiger partial charge in [-0.3, -0.25) is 4.79 Å². The molecule has 0 spiro atoms. The molecule has 0 bridgehead atoms. The maximum absolute atomic E-state index is 12.5. The first kappa shape index (κ1) is 21.0. The van der Waals surface area contributed by atoms with Crippen LogP contribution in [0.15, 0.2) is 0 Å². The maximum atomic E-state index is 12.5. The number of hydrogen-bond donors (Lipinski definition) is 0. The highest BCUT2D eigenvalue weighted by Gasteiger charge is 2.24. The molecule has 0 aromatic rings. The first-order valence-electron chi connectivity index (χ1n) is 11.7. The van der Waals surface area contributed by atoms with Gasteiger partial charge in [0.2, 0.25) is 0 Å². The van der Waals surface area contributed by atoms with Crippen molar-refractivity contribution < 1.29 is 4.79 Å². The van der Waals surface area contributed by atoms with E-state index < -0.39 is 0 Å². The van der Waals surface area contributed by atoms with Gasteiger partial charge in [-0.1, -0.05) is 97.3 Å². The van der Waals surface area contributed by atoms with E-state index in [1.165, 1.54) is 96.3 Å². The molecule has 2 aliphatic carbocycles. The zero-order valence-electron chi connectivity index (χ0n) is 17.2. The smallest absolute Gasteiger partial charge is 0.135 e. The predicted octanol–water partition coefficient (Wildman–Crippen LogP) is 7.72. The van der Waals surface area contributed by atoms with Gasteiger partial charge in [0, 0.05) is 12.3 Å². The van der Waals surface area contributed by atoms with Crippen molar-refractivity contribution in [2.45, 2.75) is 123 Å². The van der Waals surface area contributed by atoms with Gasteiger partial charge in [0.1, 0.15) is 5.78 Å². The number of rotatable bonds is 10. The van der Waals surface area contributed by atoms with E-state index in [1.54, 1.807) is 0 Å². The second kappa shape index (κ2) is 12.1. The third kappa shape index (κ3) is 7.83. The minimum atomic E-state index is 0.404. The average molecular weight is 349 g/mol. The van der Waals surface area contributed by atoms with Crippen LogP contribution in [0, 0.1) is 23.7 Å². The monoisotopic (exact) mass is 348 g/mol. The van der Waals surface area contributed by atoms with E-state index >= 15 is 0 Å². The fourth-order valence-corrected chi connectivity index (χ4v) is 5.41. The summed E-state index contributed by atoms with van der Waals surface area (Å²) in [7, 11) is 0. The summed E-state index contributed by atoms with van der Waals surface area (Å²) in [5.74, 6) is 3.85. The van der Waals surface area contributed by atoms with Crippen LogP contribution in [-0.2, 0) is 4.79 Å². The predicted molar refractivity (Wildman–Crippen MR) is 109 cm³/mol. The molecular formula is C24H44O. The number of ketones is 1. The third-order valence-electron chi connectivity index (χ3n) is 7.21. The van der Waals surface area contributed by atoms with E-state index in [-0.39, 0.29) is 0 Å². The Labute approximate surface area is 157 Å². The van der Waals surface area contributed by atoms with Crippen molar-refractivity contribution in [2.24, 2.45) is 23.7 Å². The molecule has 2 saturated carbocycles. The van der Waals surface area contributed by atoms with Crippen LogP contribution in [0.4, 0.5) is 0 Å². The fourth-order valence-electron chi connectivity index (χ4n) is 5.41. The molecule has 0 N–H and O–H groups in total. The lowest BCUT2D eigenvalue weighted by atomic mass is 9.74. The number of hydrogen-bond acceptors (Lipinski definition) is 1. The molecule has 4 atom stereocenters. The standard InChI is InChI=1S/C24H44O/c1-3-4-12-21-14-8-9-15-22(21)13-6-5-7-17-24(25)23-16-10-11-20(2)18-19-23/h20-23H,3-19H2,1-2H3. The van der Waals surface area contributed by atoms with Crippen molar-refractivity contribution in [3.63, 3.8) is 0 Å². The highest BCUT2D eigenvalue weighted by atomic mass is 16.1. The molecule has 25 heavy (non-hydrogen) atoms. The molecule has 2 rings (SSSR count). The van der Waals surface area contributed by atoms with E-state index in [0.717, 1.165) is 30.6 Å². The molecule has 2 aliphatic rings. The topological polar surface area (TPSA) is 17.1 Å². The van der Waals surface area contributed by atoms with E-state index in [2.05, 4.69) is 13.8 Å². The van der Waals surface area contributed by atoms with E-state index in [4.69, 9.17) is 0 Å².